The molecule has 1 amide bonds. The number of carbonyl (C=O) groups excluding carboxylic acids is 1. The number of aromatic nitrogens is 5. The van der Waals surface area contributed by atoms with Gasteiger partial charge in [0.2, 0.25) is 11.7 Å². The van der Waals surface area contributed by atoms with Crippen molar-refractivity contribution < 1.29 is 9.32 Å². The van der Waals surface area contributed by atoms with Crippen LogP contribution in [0, 0.1) is 6.92 Å². The van der Waals surface area contributed by atoms with Crippen molar-refractivity contribution in [1.82, 2.24) is 30.2 Å². The number of pyridine rings is 1. The minimum Gasteiger partial charge on any atom is -0.339 e. The zero-order valence-corrected chi connectivity index (χ0v) is 16.1. The Hall–Kier alpha value is -3.81. The van der Waals surface area contributed by atoms with Crippen LogP contribution in [0.1, 0.15) is 41.5 Å². The first-order valence-corrected chi connectivity index (χ1v) is 9.32. The summed E-state index contributed by atoms with van der Waals surface area (Å²) in [4.78, 5) is 21.5. The third-order valence-corrected chi connectivity index (χ3v) is 4.48. The Labute approximate surface area is 167 Å². The second-order valence-electron chi connectivity index (χ2n) is 6.54. The van der Waals surface area contributed by atoms with Gasteiger partial charge in [-0.1, -0.05) is 30.3 Å². The van der Waals surface area contributed by atoms with Crippen molar-refractivity contribution in [3.63, 3.8) is 0 Å². The van der Waals surface area contributed by atoms with Gasteiger partial charge in [0.15, 0.2) is 0 Å². The van der Waals surface area contributed by atoms with E-state index in [4.69, 9.17) is 4.52 Å². The van der Waals surface area contributed by atoms with E-state index < -0.39 is 6.04 Å². The van der Waals surface area contributed by atoms with E-state index >= 15 is 0 Å². The maximum Gasteiger partial charge on any atom is 0.270 e. The quantitative estimate of drug-likeness (QED) is 0.543. The number of para-hydroxylation sites is 1. The van der Waals surface area contributed by atoms with Gasteiger partial charge in [0, 0.05) is 17.5 Å². The van der Waals surface area contributed by atoms with Crippen molar-refractivity contribution in [2.75, 3.05) is 0 Å². The Kier molecular flexibility index (Phi) is 5.15. The van der Waals surface area contributed by atoms with Crippen LogP contribution < -0.4 is 5.32 Å². The molecule has 0 bridgehead atoms. The van der Waals surface area contributed by atoms with Crippen molar-refractivity contribution in [2.24, 2.45) is 0 Å². The largest absolute Gasteiger partial charge is 0.339 e. The number of rotatable bonds is 6. The maximum absolute atomic E-state index is 12.9. The topological polar surface area (TPSA) is 98.7 Å². The lowest BCUT2D eigenvalue weighted by atomic mass is 10.2. The van der Waals surface area contributed by atoms with Crippen LogP contribution in [0.5, 0.6) is 0 Å². The summed E-state index contributed by atoms with van der Waals surface area (Å²) in [6, 6.07) is 14.5. The molecule has 1 aromatic carbocycles. The fraction of sp³-hybridized carbons (Fsp3) is 0.190. The lowest BCUT2D eigenvalue weighted by Crippen LogP contribution is -2.30. The molecule has 8 heteroatoms. The highest BCUT2D eigenvalue weighted by atomic mass is 16.5. The first-order valence-electron chi connectivity index (χ1n) is 9.32. The van der Waals surface area contributed by atoms with E-state index in [1.54, 1.807) is 23.1 Å². The second-order valence-corrected chi connectivity index (χ2v) is 6.54. The molecule has 0 saturated heterocycles. The van der Waals surface area contributed by atoms with Gasteiger partial charge in [-0.25, -0.2) is 4.68 Å². The van der Waals surface area contributed by atoms with Crippen LogP contribution in [0.25, 0.3) is 17.1 Å². The molecule has 0 aliphatic carbocycles. The summed E-state index contributed by atoms with van der Waals surface area (Å²) in [6.45, 7) is 3.84. The van der Waals surface area contributed by atoms with Crippen molar-refractivity contribution in [3.05, 3.63) is 78.2 Å². The van der Waals surface area contributed by atoms with E-state index in [0.717, 1.165) is 16.9 Å². The molecule has 0 saturated carbocycles. The number of hydrogen-bond donors (Lipinski definition) is 1. The molecule has 3 aromatic heterocycles. The summed E-state index contributed by atoms with van der Waals surface area (Å²) in [5.74, 6) is 0.557. The first kappa shape index (κ1) is 18.5. The molecular formula is C21H20N6O2. The van der Waals surface area contributed by atoms with Crippen molar-refractivity contribution >= 4 is 5.91 Å². The molecular weight excluding hydrogens is 368 g/mol. The minimum absolute atomic E-state index is 0.266. The Morgan fingerprint density at radius 2 is 2.00 bits per heavy atom. The first-order chi connectivity index (χ1) is 14.2. The average molecular weight is 388 g/mol. The summed E-state index contributed by atoms with van der Waals surface area (Å²) in [6.07, 6.45) is 3.90. The van der Waals surface area contributed by atoms with Gasteiger partial charge in [0.1, 0.15) is 11.7 Å². The molecule has 1 N–H and O–H groups in total. The van der Waals surface area contributed by atoms with Gasteiger partial charge in [-0.2, -0.15) is 10.1 Å². The highest BCUT2D eigenvalue weighted by Gasteiger charge is 2.23. The van der Waals surface area contributed by atoms with E-state index in [1.165, 1.54) is 0 Å². The molecule has 0 aliphatic rings. The van der Waals surface area contributed by atoms with E-state index in [0.29, 0.717) is 23.8 Å². The number of hydrogen-bond acceptors (Lipinski definition) is 6. The van der Waals surface area contributed by atoms with E-state index in [2.05, 4.69) is 25.5 Å². The second kappa shape index (κ2) is 8.05. The monoisotopic (exact) mass is 388 g/mol. The van der Waals surface area contributed by atoms with Crippen LogP contribution in [0.4, 0.5) is 0 Å². The summed E-state index contributed by atoms with van der Waals surface area (Å²) in [5.41, 5.74) is 2.92. The molecule has 4 aromatic rings. The zero-order chi connectivity index (χ0) is 20.2. The summed E-state index contributed by atoms with van der Waals surface area (Å²) in [5, 5.41) is 11.3. The molecule has 0 unspecified atom stereocenters. The Morgan fingerprint density at radius 3 is 2.76 bits per heavy atom. The molecule has 0 fully saturated rings. The molecule has 0 spiro atoms. The lowest BCUT2D eigenvalue weighted by molar-refractivity contribution is 0.0919. The van der Waals surface area contributed by atoms with Gasteiger partial charge in [0.25, 0.3) is 5.91 Å². The number of nitrogens with zero attached hydrogens (tertiary/aromatic N) is 5. The Morgan fingerprint density at radius 1 is 1.17 bits per heavy atom. The van der Waals surface area contributed by atoms with Gasteiger partial charge in [-0.05, 0) is 43.7 Å². The predicted molar refractivity (Wildman–Crippen MR) is 106 cm³/mol. The zero-order valence-electron chi connectivity index (χ0n) is 16.1. The molecule has 4 rings (SSSR count). The van der Waals surface area contributed by atoms with Gasteiger partial charge in [0.05, 0.1) is 11.9 Å². The number of amides is 1. The Bertz CT molecular complexity index is 1120. The van der Waals surface area contributed by atoms with Crippen LogP contribution in [0.3, 0.4) is 0 Å². The molecule has 146 valence electrons. The smallest absolute Gasteiger partial charge is 0.270 e. The summed E-state index contributed by atoms with van der Waals surface area (Å²) >= 11 is 0. The minimum atomic E-state index is -0.411. The van der Waals surface area contributed by atoms with Crippen LogP contribution in [0.2, 0.25) is 0 Å². The average Bonchev–Trinajstić information content (AvgIpc) is 3.42. The molecule has 8 nitrogen and oxygen atoms in total. The van der Waals surface area contributed by atoms with Gasteiger partial charge in [-0.3, -0.25) is 9.78 Å². The third kappa shape index (κ3) is 3.91. The van der Waals surface area contributed by atoms with E-state index in [1.807, 2.05) is 56.3 Å². The fourth-order valence-electron chi connectivity index (χ4n) is 3.00. The van der Waals surface area contributed by atoms with Gasteiger partial charge in [-0.15, -0.1) is 0 Å². The van der Waals surface area contributed by atoms with Crippen molar-refractivity contribution in [2.45, 2.75) is 26.3 Å². The normalized spacial score (nSPS) is 11.9. The molecule has 3 heterocycles. The number of aryl methyl sites for hydroxylation is 1. The molecule has 1 atom stereocenters. The van der Waals surface area contributed by atoms with Gasteiger partial charge >= 0.3 is 0 Å². The molecule has 29 heavy (non-hydrogen) atoms. The van der Waals surface area contributed by atoms with E-state index in [9.17, 15) is 4.79 Å². The number of carbonyl (C=O) groups is 1. The maximum atomic E-state index is 12.9. The van der Waals surface area contributed by atoms with Crippen LogP contribution in [-0.2, 0) is 0 Å². The Balaban J connectivity index is 1.55. The highest BCUT2D eigenvalue weighted by Crippen LogP contribution is 2.21. The number of benzene rings is 1. The van der Waals surface area contributed by atoms with E-state index in [-0.39, 0.29) is 5.91 Å². The van der Waals surface area contributed by atoms with Crippen LogP contribution >= 0.6 is 0 Å². The molecule has 0 radical (unpaired) electrons. The standard InChI is InChI=1S/C21H20N6O2/c1-3-17(21-25-19(26-29-21)15-9-11-22-14(2)13-15)24-20(28)18-10-12-23-27(18)16-7-5-4-6-8-16/h4-13,17H,3H2,1-2H3,(H,24,28)/t17-/m0/s1. The van der Waals surface area contributed by atoms with Crippen molar-refractivity contribution in [3.8, 4) is 17.1 Å². The predicted octanol–water partition coefficient (Wildman–Crippen LogP) is 3.51. The number of nitrogens with one attached hydrogen (secondary N) is 1. The lowest BCUT2D eigenvalue weighted by Gasteiger charge is -2.13. The van der Waals surface area contributed by atoms with Crippen LogP contribution in [-0.4, -0.2) is 30.8 Å². The summed E-state index contributed by atoms with van der Waals surface area (Å²) < 4.78 is 7.02. The SMILES string of the molecule is CC[C@H](NC(=O)c1ccnn1-c1ccccc1)c1nc(-c2ccnc(C)c2)no1. The third-order valence-electron chi connectivity index (χ3n) is 4.48. The van der Waals surface area contributed by atoms with Crippen LogP contribution in [0.15, 0.2) is 65.4 Å². The van der Waals surface area contributed by atoms with Crippen molar-refractivity contribution in [1.29, 1.82) is 0 Å². The fourth-order valence-corrected chi connectivity index (χ4v) is 3.00. The highest BCUT2D eigenvalue weighted by molar-refractivity contribution is 5.93. The van der Waals surface area contributed by atoms with Gasteiger partial charge < -0.3 is 9.84 Å². The molecule has 0 aliphatic heterocycles. The summed E-state index contributed by atoms with van der Waals surface area (Å²) in [7, 11) is 0.